The summed E-state index contributed by atoms with van der Waals surface area (Å²) in [7, 11) is 1.64. The molecule has 1 aromatic heterocycles. The Balaban J connectivity index is 2.08. The average molecular weight is 236 g/mol. The van der Waals surface area contributed by atoms with E-state index >= 15 is 0 Å². The second kappa shape index (κ2) is 4.96. The standard InChI is InChI=1S/C11H12N2O2S/c1-15-10-4-2-8(3-5-10)12-11-13-9(6-14)7-16-11/h2-5,7,14H,6H2,1H3,(H,12,13). The average Bonchev–Trinajstić information content (AvgIpc) is 2.78. The van der Waals surface area contributed by atoms with E-state index in [-0.39, 0.29) is 6.61 Å². The van der Waals surface area contributed by atoms with Crippen molar-refractivity contribution in [3.63, 3.8) is 0 Å². The third-order valence-electron chi connectivity index (χ3n) is 2.06. The van der Waals surface area contributed by atoms with Crippen molar-refractivity contribution in [2.45, 2.75) is 6.61 Å². The van der Waals surface area contributed by atoms with Gasteiger partial charge in [-0.05, 0) is 24.3 Å². The van der Waals surface area contributed by atoms with Crippen LogP contribution in [0.25, 0.3) is 0 Å². The minimum absolute atomic E-state index is 0.0270. The number of aromatic nitrogens is 1. The summed E-state index contributed by atoms with van der Waals surface area (Å²) in [6.07, 6.45) is 0. The van der Waals surface area contributed by atoms with Crippen molar-refractivity contribution >= 4 is 22.2 Å². The summed E-state index contributed by atoms with van der Waals surface area (Å²) in [4.78, 5) is 4.19. The van der Waals surface area contributed by atoms with E-state index in [2.05, 4.69) is 10.3 Å². The molecule has 16 heavy (non-hydrogen) atoms. The second-order valence-electron chi connectivity index (χ2n) is 3.16. The number of nitrogens with one attached hydrogen (secondary N) is 1. The molecule has 0 fully saturated rings. The van der Waals surface area contributed by atoms with Crippen LogP contribution in [-0.4, -0.2) is 17.2 Å². The highest BCUT2D eigenvalue weighted by atomic mass is 32.1. The third-order valence-corrected chi connectivity index (χ3v) is 2.86. The van der Waals surface area contributed by atoms with E-state index in [9.17, 15) is 0 Å². The quantitative estimate of drug-likeness (QED) is 0.855. The van der Waals surface area contributed by atoms with Gasteiger partial charge in [0.05, 0.1) is 19.4 Å². The van der Waals surface area contributed by atoms with E-state index in [0.29, 0.717) is 5.69 Å². The van der Waals surface area contributed by atoms with Gasteiger partial charge in [-0.3, -0.25) is 0 Å². The lowest BCUT2D eigenvalue weighted by Crippen LogP contribution is -1.91. The molecule has 4 nitrogen and oxygen atoms in total. The van der Waals surface area contributed by atoms with Crippen LogP contribution in [0.15, 0.2) is 29.6 Å². The smallest absolute Gasteiger partial charge is 0.187 e. The molecule has 0 unspecified atom stereocenters. The Morgan fingerprint density at radius 2 is 2.12 bits per heavy atom. The van der Waals surface area contributed by atoms with Gasteiger partial charge in [-0.25, -0.2) is 4.98 Å². The zero-order valence-electron chi connectivity index (χ0n) is 8.80. The number of rotatable bonds is 4. The number of nitrogens with zero attached hydrogens (tertiary/aromatic N) is 1. The predicted octanol–water partition coefficient (Wildman–Crippen LogP) is 2.39. The number of ether oxygens (including phenoxy) is 1. The summed E-state index contributed by atoms with van der Waals surface area (Å²) in [6, 6.07) is 7.59. The largest absolute Gasteiger partial charge is 0.497 e. The summed E-state index contributed by atoms with van der Waals surface area (Å²) in [5, 5.41) is 14.6. The Hall–Kier alpha value is -1.59. The molecule has 1 heterocycles. The van der Waals surface area contributed by atoms with Gasteiger partial charge in [-0.15, -0.1) is 11.3 Å². The molecule has 0 spiro atoms. The van der Waals surface area contributed by atoms with Gasteiger partial charge in [0.25, 0.3) is 0 Å². The molecule has 0 atom stereocenters. The monoisotopic (exact) mass is 236 g/mol. The molecule has 5 heteroatoms. The maximum Gasteiger partial charge on any atom is 0.187 e. The van der Waals surface area contributed by atoms with Crippen LogP contribution < -0.4 is 10.1 Å². The molecule has 84 valence electrons. The van der Waals surface area contributed by atoms with E-state index in [4.69, 9.17) is 9.84 Å². The van der Waals surface area contributed by atoms with Gasteiger partial charge in [0, 0.05) is 11.1 Å². The highest BCUT2D eigenvalue weighted by Gasteiger charge is 2.01. The van der Waals surface area contributed by atoms with E-state index in [1.807, 2.05) is 29.6 Å². The molecule has 0 aliphatic rings. The van der Waals surface area contributed by atoms with Crippen LogP contribution in [0.2, 0.25) is 0 Å². The maximum absolute atomic E-state index is 8.89. The molecule has 0 bridgehead atoms. The number of benzene rings is 1. The Bertz CT molecular complexity index is 453. The number of hydrogen-bond donors (Lipinski definition) is 2. The topological polar surface area (TPSA) is 54.4 Å². The lowest BCUT2D eigenvalue weighted by atomic mass is 10.3. The molecule has 0 radical (unpaired) electrons. The lowest BCUT2D eigenvalue weighted by molar-refractivity contribution is 0.278. The first kappa shape index (κ1) is 10.9. The molecular formula is C11H12N2O2S. The van der Waals surface area contributed by atoms with Crippen LogP contribution in [0.3, 0.4) is 0 Å². The Morgan fingerprint density at radius 3 is 2.69 bits per heavy atom. The number of anilines is 2. The molecule has 2 rings (SSSR count). The molecular weight excluding hydrogens is 224 g/mol. The Labute approximate surface area is 97.5 Å². The van der Waals surface area contributed by atoms with Crippen molar-refractivity contribution in [2.24, 2.45) is 0 Å². The molecule has 0 saturated carbocycles. The van der Waals surface area contributed by atoms with Gasteiger partial charge in [0.2, 0.25) is 0 Å². The van der Waals surface area contributed by atoms with Gasteiger partial charge >= 0.3 is 0 Å². The van der Waals surface area contributed by atoms with Crippen molar-refractivity contribution in [3.05, 3.63) is 35.3 Å². The zero-order valence-corrected chi connectivity index (χ0v) is 9.62. The van der Waals surface area contributed by atoms with Crippen LogP contribution in [0.4, 0.5) is 10.8 Å². The summed E-state index contributed by atoms with van der Waals surface area (Å²) in [5.41, 5.74) is 1.63. The molecule has 1 aromatic carbocycles. The predicted molar refractivity (Wildman–Crippen MR) is 64.3 cm³/mol. The van der Waals surface area contributed by atoms with E-state index in [1.54, 1.807) is 7.11 Å². The van der Waals surface area contributed by atoms with Gasteiger partial charge in [0.1, 0.15) is 5.75 Å². The first-order valence-corrected chi connectivity index (χ1v) is 5.66. The number of aliphatic hydroxyl groups excluding tert-OH is 1. The molecule has 2 N–H and O–H groups in total. The van der Waals surface area contributed by atoms with Gasteiger partial charge in [0.15, 0.2) is 5.13 Å². The van der Waals surface area contributed by atoms with Gasteiger partial charge in [-0.2, -0.15) is 0 Å². The van der Waals surface area contributed by atoms with Gasteiger partial charge in [-0.1, -0.05) is 0 Å². The van der Waals surface area contributed by atoms with Crippen molar-refractivity contribution in [2.75, 3.05) is 12.4 Å². The normalized spacial score (nSPS) is 10.1. The van der Waals surface area contributed by atoms with Crippen molar-refractivity contribution in [1.82, 2.24) is 4.98 Å². The fourth-order valence-corrected chi connectivity index (χ4v) is 1.96. The number of methoxy groups -OCH3 is 1. The minimum Gasteiger partial charge on any atom is -0.497 e. The molecule has 2 aromatic rings. The fraction of sp³-hybridized carbons (Fsp3) is 0.182. The number of aliphatic hydroxyl groups is 1. The van der Waals surface area contributed by atoms with Crippen LogP contribution >= 0.6 is 11.3 Å². The van der Waals surface area contributed by atoms with Crippen LogP contribution in [-0.2, 0) is 6.61 Å². The molecule has 0 saturated heterocycles. The lowest BCUT2D eigenvalue weighted by Gasteiger charge is -2.03. The van der Waals surface area contributed by atoms with Crippen molar-refractivity contribution < 1.29 is 9.84 Å². The van der Waals surface area contributed by atoms with Crippen molar-refractivity contribution in [1.29, 1.82) is 0 Å². The zero-order chi connectivity index (χ0) is 11.4. The summed E-state index contributed by atoms with van der Waals surface area (Å²) >= 11 is 1.47. The SMILES string of the molecule is COc1ccc(Nc2nc(CO)cs2)cc1. The van der Waals surface area contributed by atoms with Crippen molar-refractivity contribution in [3.8, 4) is 5.75 Å². The molecule has 0 aliphatic heterocycles. The Morgan fingerprint density at radius 1 is 1.38 bits per heavy atom. The van der Waals surface area contributed by atoms with Crippen LogP contribution in [0.5, 0.6) is 5.75 Å². The second-order valence-corrected chi connectivity index (χ2v) is 4.01. The van der Waals surface area contributed by atoms with E-state index in [0.717, 1.165) is 16.6 Å². The van der Waals surface area contributed by atoms with E-state index in [1.165, 1.54) is 11.3 Å². The third kappa shape index (κ3) is 2.50. The fourth-order valence-electron chi connectivity index (χ4n) is 1.23. The van der Waals surface area contributed by atoms with Gasteiger partial charge < -0.3 is 15.2 Å². The number of hydrogen-bond acceptors (Lipinski definition) is 5. The highest BCUT2D eigenvalue weighted by Crippen LogP contribution is 2.22. The molecule has 0 amide bonds. The van der Waals surface area contributed by atoms with Crippen LogP contribution in [0, 0.1) is 0 Å². The highest BCUT2D eigenvalue weighted by molar-refractivity contribution is 7.13. The number of thiazole rings is 1. The first-order valence-electron chi connectivity index (χ1n) is 4.78. The maximum atomic E-state index is 8.89. The summed E-state index contributed by atoms with van der Waals surface area (Å²) in [5.74, 6) is 0.820. The van der Waals surface area contributed by atoms with E-state index < -0.39 is 0 Å². The minimum atomic E-state index is -0.0270. The molecule has 0 aliphatic carbocycles. The Kier molecular flexibility index (Phi) is 3.38. The summed E-state index contributed by atoms with van der Waals surface area (Å²) < 4.78 is 5.07. The first-order chi connectivity index (χ1) is 7.81. The van der Waals surface area contributed by atoms with Crippen LogP contribution in [0.1, 0.15) is 5.69 Å². The summed E-state index contributed by atoms with van der Waals surface area (Å²) in [6.45, 7) is -0.0270.